The highest BCUT2D eigenvalue weighted by Gasteiger charge is 2.28. The standard InChI is InChI=1S/C17H21ClN4O2/c1-11-14(19)3-2-10-22(11)16(23)9-8-15-20-17(21-24-15)12-4-6-13(18)7-5-12/h4-7,11,14H,2-3,8-10,19H2,1H3/t11-,14-/m1/s1. The van der Waals surface area contributed by atoms with Crippen LogP contribution in [0.1, 0.15) is 32.1 Å². The van der Waals surface area contributed by atoms with E-state index in [1.165, 1.54) is 0 Å². The van der Waals surface area contributed by atoms with Crippen molar-refractivity contribution in [2.75, 3.05) is 6.54 Å². The zero-order chi connectivity index (χ0) is 17.1. The van der Waals surface area contributed by atoms with Crippen LogP contribution in [0.25, 0.3) is 11.4 Å². The van der Waals surface area contributed by atoms with Crippen molar-refractivity contribution in [1.29, 1.82) is 0 Å². The van der Waals surface area contributed by atoms with Gasteiger partial charge in [-0.05, 0) is 44.0 Å². The number of hydrogen-bond acceptors (Lipinski definition) is 5. The van der Waals surface area contributed by atoms with E-state index in [4.69, 9.17) is 21.9 Å². The fraction of sp³-hybridized carbons (Fsp3) is 0.471. The summed E-state index contributed by atoms with van der Waals surface area (Å²) in [5.74, 6) is 1.05. The van der Waals surface area contributed by atoms with E-state index in [1.807, 2.05) is 24.0 Å². The van der Waals surface area contributed by atoms with Crippen LogP contribution in [0.3, 0.4) is 0 Å². The molecule has 2 aromatic rings. The summed E-state index contributed by atoms with van der Waals surface area (Å²) in [7, 11) is 0. The molecule has 0 aliphatic carbocycles. The minimum atomic E-state index is 0.0580. The zero-order valence-electron chi connectivity index (χ0n) is 13.6. The molecule has 1 fully saturated rings. The first kappa shape index (κ1) is 16.9. The summed E-state index contributed by atoms with van der Waals surface area (Å²) in [6.45, 7) is 2.78. The van der Waals surface area contributed by atoms with Gasteiger partial charge in [-0.3, -0.25) is 4.79 Å². The second kappa shape index (κ2) is 7.32. The highest BCUT2D eigenvalue weighted by atomic mass is 35.5. The lowest BCUT2D eigenvalue weighted by molar-refractivity contribution is -0.134. The van der Waals surface area contributed by atoms with Crippen molar-refractivity contribution in [3.63, 3.8) is 0 Å². The maximum Gasteiger partial charge on any atom is 0.227 e. The topological polar surface area (TPSA) is 85.2 Å². The molecule has 2 N–H and O–H groups in total. The van der Waals surface area contributed by atoms with Gasteiger partial charge >= 0.3 is 0 Å². The minimum Gasteiger partial charge on any atom is -0.339 e. The third kappa shape index (κ3) is 3.76. The number of amides is 1. The first-order valence-electron chi connectivity index (χ1n) is 8.18. The number of nitrogens with two attached hydrogens (primary N) is 1. The number of likely N-dealkylation sites (tertiary alicyclic amines) is 1. The Morgan fingerprint density at radius 3 is 2.92 bits per heavy atom. The van der Waals surface area contributed by atoms with Crippen LogP contribution in [0.2, 0.25) is 5.02 Å². The molecular weight excluding hydrogens is 328 g/mol. The Morgan fingerprint density at radius 2 is 2.17 bits per heavy atom. The largest absolute Gasteiger partial charge is 0.339 e. The third-order valence-corrected chi connectivity index (χ3v) is 4.74. The average molecular weight is 349 g/mol. The molecule has 1 amide bonds. The maximum atomic E-state index is 12.4. The van der Waals surface area contributed by atoms with Crippen molar-refractivity contribution in [2.24, 2.45) is 5.73 Å². The van der Waals surface area contributed by atoms with Gasteiger partial charge in [-0.1, -0.05) is 16.8 Å². The fourth-order valence-electron chi connectivity index (χ4n) is 2.96. The summed E-state index contributed by atoms with van der Waals surface area (Å²) in [5, 5.41) is 4.61. The average Bonchev–Trinajstić information content (AvgIpc) is 3.05. The molecule has 0 spiro atoms. The molecule has 1 aliphatic heterocycles. The Morgan fingerprint density at radius 1 is 1.42 bits per heavy atom. The Balaban J connectivity index is 1.59. The molecule has 1 aromatic heterocycles. The van der Waals surface area contributed by atoms with Crippen LogP contribution in [0.15, 0.2) is 28.8 Å². The van der Waals surface area contributed by atoms with Crippen molar-refractivity contribution in [2.45, 2.75) is 44.7 Å². The summed E-state index contributed by atoms with van der Waals surface area (Å²) < 4.78 is 5.25. The molecule has 1 aromatic carbocycles. The first-order chi connectivity index (χ1) is 11.5. The molecule has 2 heterocycles. The van der Waals surface area contributed by atoms with Crippen LogP contribution in [-0.2, 0) is 11.2 Å². The maximum absolute atomic E-state index is 12.4. The third-order valence-electron chi connectivity index (χ3n) is 4.49. The number of aryl methyl sites for hydroxylation is 1. The number of nitrogens with zero attached hydrogens (tertiary/aromatic N) is 3. The van der Waals surface area contributed by atoms with E-state index >= 15 is 0 Å². The monoisotopic (exact) mass is 348 g/mol. The van der Waals surface area contributed by atoms with E-state index in [-0.39, 0.29) is 18.0 Å². The Kier molecular flexibility index (Phi) is 5.16. The Bertz CT molecular complexity index is 701. The number of aromatic nitrogens is 2. The molecule has 0 unspecified atom stereocenters. The smallest absolute Gasteiger partial charge is 0.227 e. The van der Waals surface area contributed by atoms with Gasteiger partial charge < -0.3 is 15.2 Å². The van der Waals surface area contributed by atoms with Gasteiger partial charge in [0, 0.05) is 42.1 Å². The lowest BCUT2D eigenvalue weighted by Gasteiger charge is -2.37. The number of piperidine rings is 1. The zero-order valence-corrected chi connectivity index (χ0v) is 14.4. The van der Waals surface area contributed by atoms with Gasteiger partial charge in [-0.2, -0.15) is 4.98 Å². The van der Waals surface area contributed by atoms with E-state index < -0.39 is 0 Å². The van der Waals surface area contributed by atoms with E-state index in [0.29, 0.717) is 29.6 Å². The number of rotatable bonds is 4. The molecule has 0 radical (unpaired) electrons. The van der Waals surface area contributed by atoms with Crippen LogP contribution in [0.4, 0.5) is 0 Å². The van der Waals surface area contributed by atoms with Gasteiger partial charge in [-0.15, -0.1) is 0 Å². The molecule has 128 valence electrons. The van der Waals surface area contributed by atoms with Gasteiger partial charge in [0.05, 0.1) is 0 Å². The summed E-state index contributed by atoms with van der Waals surface area (Å²) in [5.41, 5.74) is 6.88. The van der Waals surface area contributed by atoms with Crippen molar-refractivity contribution < 1.29 is 9.32 Å². The predicted octanol–water partition coefficient (Wildman–Crippen LogP) is 2.66. The number of benzene rings is 1. The van der Waals surface area contributed by atoms with E-state index in [0.717, 1.165) is 24.9 Å². The second-order valence-electron chi connectivity index (χ2n) is 6.15. The molecule has 2 atom stereocenters. The quantitative estimate of drug-likeness (QED) is 0.918. The second-order valence-corrected chi connectivity index (χ2v) is 6.59. The molecule has 0 bridgehead atoms. The molecule has 1 aliphatic rings. The minimum absolute atomic E-state index is 0.0580. The molecule has 1 saturated heterocycles. The van der Waals surface area contributed by atoms with E-state index in [2.05, 4.69) is 10.1 Å². The normalized spacial score (nSPS) is 21.0. The Hall–Kier alpha value is -1.92. The van der Waals surface area contributed by atoms with Crippen LogP contribution < -0.4 is 5.73 Å². The summed E-state index contributed by atoms with van der Waals surface area (Å²) in [4.78, 5) is 18.6. The molecule has 24 heavy (non-hydrogen) atoms. The van der Waals surface area contributed by atoms with Crippen molar-refractivity contribution >= 4 is 17.5 Å². The van der Waals surface area contributed by atoms with Gasteiger partial charge in [0.1, 0.15) is 0 Å². The van der Waals surface area contributed by atoms with Gasteiger partial charge in [0.25, 0.3) is 0 Å². The SMILES string of the molecule is C[C@@H]1[C@H](N)CCCN1C(=O)CCc1nc(-c2ccc(Cl)cc2)no1. The molecule has 7 heteroatoms. The highest BCUT2D eigenvalue weighted by Crippen LogP contribution is 2.20. The molecular formula is C17H21ClN4O2. The van der Waals surface area contributed by atoms with E-state index in [1.54, 1.807) is 12.1 Å². The van der Waals surface area contributed by atoms with E-state index in [9.17, 15) is 4.79 Å². The highest BCUT2D eigenvalue weighted by molar-refractivity contribution is 6.30. The molecule has 0 saturated carbocycles. The molecule has 6 nitrogen and oxygen atoms in total. The van der Waals surface area contributed by atoms with Crippen molar-refractivity contribution in [3.05, 3.63) is 35.2 Å². The fourth-order valence-corrected chi connectivity index (χ4v) is 3.08. The summed E-state index contributed by atoms with van der Waals surface area (Å²) in [6.07, 6.45) is 2.70. The summed E-state index contributed by atoms with van der Waals surface area (Å²) in [6, 6.07) is 7.35. The Labute approximate surface area is 146 Å². The predicted molar refractivity (Wildman–Crippen MR) is 91.4 cm³/mol. The number of carbonyl (C=O) groups excluding carboxylic acids is 1. The van der Waals surface area contributed by atoms with Gasteiger partial charge in [-0.25, -0.2) is 0 Å². The van der Waals surface area contributed by atoms with Gasteiger partial charge in [0.15, 0.2) is 0 Å². The van der Waals surface area contributed by atoms with Crippen LogP contribution in [0, 0.1) is 0 Å². The van der Waals surface area contributed by atoms with Crippen molar-refractivity contribution in [1.82, 2.24) is 15.0 Å². The first-order valence-corrected chi connectivity index (χ1v) is 8.56. The number of halogens is 1. The van der Waals surface area contributed by atoms with Crippen LogP contribution >= 0.6 is 11.6 Å². The lowest BCUT2D eigenvalue weighted by atomic mass is 9.98. The number of hydrogen-bond donors (Lipinski definition) is 1. The van der Waals surface area contributed by atoms with Crippen LogP contribution in [0.5, 0.6) is 0 Å². The summed E-state index contributed by atoms with van der Waals surface area (Å²) >= 11 is 5.87. The number of carbonyl (C=O) groups is 1. The van der Waals surface area contributed by atoms with Crippen LogP contribution in [-0.4, -0.2) is 39.6 Å². The molecule has 3 rings (SSSR count). The van der Waals surface area contributed by atoms with Crippen molar-refractivity contribution in [3.8, 4) is 11.4 Å². The lowest BCUT2D eigenvalue weighted by Crippen LogP contribution is -2.52. The van der Waals surface area contributed by atoms with Gasteiger partial charge in [0.2, 0.25) is 17.6 Å².